The number of piperazine rings is 1. The Morgan fingerprint density at radius 3 is 2.42 bits per heavy atom. The van der Waals surface area contributed by atoms with Gasteiger partial charge in [0.2, 0.25) is 12.7 Å². The summed E-state index contributed by atoms with van der Waals surface area (Å²) in [5.74, 6) is 2.70. The predicted octanol–water partition coefficient (Wildman–Crippen LogP) is 3.39. The van der Waals surface area contributed by atoms with Crippen molar-refractivity contribution in [1.82, 2.24) is 9.80 Å². The first-order valence-electron chi connectivity index (χ1n) is 12.5. The van der Waals surface area contributed by atoms with Crippen LogP contribution in [0.2, 0.25) is 0 Å². The van der Waals surface area contributed by atoms with E-state index >= 15 is 0 Å². The molecule has 1 aliphatic carbocycles. The highest BCUT2D eigenvalue weighted by Gasteiger charge is 2.38. The molecule has 2 heterocycles. The van der Waals surface area contributed by atoms with Crippen LogP contribution in [0.15, 0.2) is 36.4 Å². The number of methoxy groups -OCH3 is 2. The van der Waals surface area contributed by atoms with Crippen LogP contribution < -0.4 is 24.3 Å². The second kappa shape index (κ2) is 10.7. The van der Waals surface area contributed by atoms with Gasteiger partial charge in [-0.1, -0.05) is 12.8 Å². The fourth-order valence-corrected chi connectivity index (χ4v) is 5.49. The van der Waals surface area contributed by atoms with E-state index in [-0.39, 0.29) is 24.6 Å². The van der Waals surface area contributed by atoms with Gasteiger partial charge >= 0.3 is 0 Å². The van der Waals surface area contributed by atoms with Gasteiger partial charge in [-0.3, -0.25) is 14.5 Å². The summed E-state index contributed by atoms with van der Waals surface area (Å²) in [7, 11) is 3.13. The van der Waals surface area contributed by atoms with Gasteiger partial charge in [-0.05, 0) is 43.0 Å². The molecule has 9 heteroatoms. The molecular weight excluding hydrogens is 462 g/mol. The molecule has 2 aromatic carbocycles. The van der Waals surface area contributed by atoms with Gasteiger partial charge in [0.1, 0.15) is 11.5 Å². The van der Waals surface area contributed by atoms with Gasteiger partial charge in [0.15, 0.2) is 11.5 Å². The predicted molar refractivity (Wildman–Crippen MR) is 134 cm³/mol. The van der Waals surface area contributed by atoms with E-state index < -0.39 is 0 Å². The molecule has 192 valence electrons. The monoisotopic (exact) mass is 495 g/mol. The molecule has 5 rings (SSSR count). The van der Waals surface area contributed by atoms with E-state index in [0.717, 1.165) is 25.7 Å². The minimum absolute atomic E-state index is 0.00244. The van der Waals surface area contributed by atoms with E-state index in [4.69, 9.17) is 18.9 Å². The molecule has 9 nitrogen and oxygen atoms in total. The summed E-state index contributed by atoms with van der Waals surface area (Å²) in [6.07, 6.45) is 4.38. The van der Waals surface area contributed by atoms with Crippen LogP contribution in [0.4, 0.5) is 5.69 Å². The first-order valence-corrected chi connectivity index (χ1v) is 12.5. The summed E-state index contributed by atoms with van der Waals surface area (Å²) in [6, 6.07) is 10.5. The second-order valence-electron chi connectivity index (χ2n) is 9.44. The van der Waals surface area contributed by atoms with E-state index in [1.807, 2.05) is 23.1 Å². The number of nitrogens with one attached hydrogen (secondary N) is 1. The van der Waals surface area contributed by atoms with Crippen molar-refractivity contribution in [3.8, 4) is 23.0 Å². The topological polar surface area (TPSA) is 89.6 Å². The summed E-state index contributed by atoms with van der Waals surface area (Å²) in [5, 5.41) is 3.11. The largest absolute Gasteiger partial charge is 0.497 e. The van der Waals surface area contributed by atoms with E-state index in [1.165, 1.54) is 0 Å². The SMILES string of the molecule is COc1ccc(C(=O)N2CCN([C@@H](C(=O)Nc3ccc4c(c3)OCO4)C3CCCC3)CC2)c(OC)c1. The Bertz CT molecular complexity index is 1110. The maximum absolute atomic E-state index is 13.5. The van der Waals surface area contributed by atoms with Gasteiger partial charge in [0.05, 0.1) is 25.8 Å². The number of carbonyl (C=O) groups is 2. The number of hydrogen-bond acceptors (Lipinski definition) is 7. The Labute approximate surface area is 211 Å². The normalized spacial score (nSPS) is 18.7. The lowest BCUT2D eigenvalue weighted by atomic mass is 9.94. The molecule has 1 atom stereocenters. The van der Waals surface area contributed by atoms with Gasteiger partial charge < -0.3 is 29.2 Å². The molecule has 1 N–H and O–H groups in total. The van der Waals surface area contributed by atoms with Gasteiger partial charge in [0.25, 0.3) is 5.91 Å². The van der Waals surface area contributed by atoms with Crippen molar-refractivity contribution in [1.29, 1.82) is 0 Å². The van der Waals surface area contributed by atoms with E-state index in [1.54, 1.807) is 32.4 Å². The Kier molecular flexibility index (Phi) is 7.18. The highest BCUT2D eigenvalue weighted by molar-refractivity contribution is 5.97. The smallest absolute Gasteiger partial charge is 0.257 e. The number of carbonyl (C=O) groups excluding carboxylic acids is 2. The number of benzene rings is 2. The number of rotatable bonds is 7. The molecule has 36 heavy (non-hydrogen) atoms. The van der Waals surface area contributed by atoms with Crippen molar-refractivity contribution >= 4 is 17.5 Å². The molecule has 2 fully saturated rings. The van der Waals surface area contributed by atoms with E-state index in [2.05, 4.69) is 10.2 Å². The Morgan fingerprint density at radius 2 is 1.69 bits per heavy atom. The first kappa shape index (κ1) is 24.2. The van der Waals surface area contributed by atoms with Crippen LogP contribution in [0.5, 0.6) is 23.0 Å². The molecule has 1 saturated heterocycles. The number of amides is 2. The van der Waals surface area contributed by atoms with Gasteiger partial charge in [-0.25, -0.2) is 0 Å². The maximum atomic E-state index is 13.5. The van der Waals surface area contributed by atoms with Crippen molar-refractivity contribution in [3.63, 3.8) is 0 Å². The average Bonchev–Trinajstić information content (AvgIpc) is 3.61. The molecule has 2 amide bonds. The van der Waals surface area contributed by atoms with Crippen LogP contribution in [0.1, 0.15) is 36.0 Å². The lowest BCUT2D eigenvalue weighted by Crippen LogP contribution is -2.56. The Hall–Kier alpha value is -3.46. The van der Waals surface area contributed by atoms with Crippen LogP contribution >= 0.6 is 0 Å². The quantitative estimate of drug-likeness (QED) is 0.630. The highest BCUT2D eigenvalue weighted by Crippen LogP contribution is 2.36. The second-order valence-corrected chi connectivity index (χ2v) is 9.44. The highest BCUT2D eigenvalue weighted by atomic mass is 16.7. The molecule has 0 radical (unpaired) electrons. The molecule has 0 aromatic heterocycles. The summed E-state index contributed by atoms with van der Waals surface area (Å²) in [6.45, 7) is 2.58. The van der Waals surface area contributed by atoms with Crippen molar-refractivity contribution in [2.24, 2.45) is 5.92 Å². The molecule has 0 bridgehead atoms. The molecule has 3 aliphatic rings. The fourth-order valence-electron chi connectivity index (χ4n) is 5.49. The van der Waals surface area contributed by atoms with Gasteiger partial charge in [-0.15, -0.1) is 0 Å². The van der Waals surface area contributed by atoms with Crippen LogP contribution in [0.25, 0.3) is 0 Å². The first-order chi connectivity index (χ1) is 17.6. The minimum Gasteiger partial charge on any atom is -0.497 e. The Balaban J connectivity index is 1.26. The van der Waals surface area contributed by atoms with Gasteiger partial charge in [-0.2, -0.15) is 0 Å². The van der Waals surface area contributed by atoms with Crippen molar-refractivity contribution in [2.45, 2.75) is 31.7 Å². The zero-order valence-corrected chi connectivity index (χ0v) is 20.8. The number of anilines is 1. The van der Waals surface area contributed by atoms with Crippen molar-refractivity contribution in [2.75, 3.05) is 52.5 Å². The fraction of sp³-hybridized carbons (Fsp3) is 0.481. The maximum Gasteiger partial charge on any atom is 0.257 e. The van der Waals surface area contributed by atoms with Crippen LogP contribution in [0, 0.1) is 5.92 Å². The van der Waals surface area contributed by atoms with E-state index in [9.17, 15) is 9.59 Å². The van der Waals surface area contributed by atoms with Crippen LogP contribution in [0.3, 0.4) is 0 Å². The third kappa shape index (κ3) is 4.93. The standard InChI is InChI=1S/C27H33N3O6/c1-33-20-8-9-21(23(16-20)34-2)27(32)30-13-11-29(12-14-30)25(18-5-3-4-6-18)26(31)28-19-7-10-22-24(15-19)36-17-35-22/h7-10,15-16,18,25H,3-6,11-14,17H2,1-2H3,(H,28,31)/t25-/m1/s1. The minimum atomic E-state index is -0.231. The van der Waals surface area contributed by atoms with Crippen molar-refractivity contribution < 1.29 is 28.5 Å². The zero-order valence-electron chi connectivity index (χ0n) is 20.8. The number of hydrogen-bond donors (Lipinski definition) is 1. The van der Waals surface area contributed by atoms with Crippen LogP contribution in [-0.2, 0) is 4.79 Å². The number of fused-ring (bicyclic) bond motifs is 1. The molecule has 0 unspecified atom stereocenters. The lowest BCUT2D eigenvalue weighted by Gasteiger charge is -2.40. The molecular formula is C27H33N3O6. The van der Waals surface area contributed by atoms with Crippen molar-refractivity contribution in [3.05, 3.63) is 42.0 Å². The number of nitrogens with zero attached hydrogens (tertiary/aromatic N) is 2. The molecule has 2 aromatic rings. The lowest BCUT2D eigenvalue weighted by molar-refractivity contribution is -0.123. The van der Waals surface area contributed by atoms with Gasteiger partial charge in [0, 0.05) is 44.0 Å². The Morgan fingerprint density at radius 1 is 0.944 bits per heavy atom. The molecule has 2 aliphatic heterocycles. The zero-order chi connectivity index (χ0) is 25.1. The summed E-state index contributed by atoms with van der Waals surface area (Å²) >= 11 is 0. The number of ether oxygens (including phenoxy) is 4. The third-order valence-electron chi connectivity index (χ3n) is 7.39. The summed E-state index contributed by atoms with van der Waals surface area (Å²) < 4.78 is 21.5. The molecule has 1 saturated carbocycles. The summed E-state index contributed by atoms with van der Waals surface area (Å²) in [5.41, 5.74) is 1.22. The average molecular weight is 496 g/mol. The molecule has 0 spiro atoms. The summed E-state index contributed by atoms with van der Waals surface area (Å²) in [4.78, 5) is 30.9. The van der Waals surface area contributed by atoms with E-state index in [0.29, 0.717) is 66.3 Å². The van der Waals surface area contributed by atoms with Crippen LogP contribution in [-0.4, -0.2) is 74.8 Å². The third-order valence-corrected chi connectivity index (χ3v) is 7.39.